The van der Waals surface area contributed by atoms with Gasteiger partial charge in [-0.15, -0.1) is 0 Å². The number of rotatable bonds is 2. The van der Waals surface area contributed by atoms with Crippen molar-refractivity contribution < 1.29 is 0 Å². The van der Waals surface area contributed by atoms with Gasteiger partial charge in [-0.3, -0.25) is 0 Å². The molecule has 0 N–H and O–H groups in total. The molecule has 1 aliphatic rings. The van der Waals surface area contributed by atoms with Crippen LogP contribution >= 0.6 is 0 Å². The first-order valence-electron chi connectivity index (χ1n) is 7.25. The Morgan fingerprint density at radius 3 is 2.20 bits per heavy atom. The van der Waals surface area contributed by atoms with Gasteiger partial charge in [0.2, 0.25) is 0 Å². The van der Waals surface area contributed by atoms with E-state index in [0.717, 1.165) is 0 Å². The maximum Gasteiger partial charge on any atom is 0.0556 e. The van der Waals surface area contributed by atoms with Gasteiger partial charge >= 0.3 is 0 Å². The molecule has 1 aliphatic carbocycles. The van der Waals surface area contributed by atoms with Crippen molar-refractivity contribution in [3.8, 4) is 0 Å². The summed E-state index contributed by atoms with van der Waals surface area (Å²) >= 11 is 0. The first-order valence-corrected chi connectivity index (χ1v) is 9.83. The zero-order chi connectivity index (χ0) is 14.3. The van der Waals surface area contributed by atoms with Gasteiger partial charge in [0.15, 0.2) is 0 Å². The van der Waals surface area contributed by atoms with Gasteiger partial charge in [0.05, 0.1) is 8.80 Å². The molecule has 0 spiro atoms. The predicted molar refractivity (Wildman–Crippen MR) is 90.5 cm³/mol. The van der Waals surface area contributed by atoms with Crippen molar-refractivity contribution in [2.45, 2.75) is 32.5 Å². The fourth-order valence-corrected chi connectivity index (χ4v) is 5.09. The van der Waals surface area contributed by atoms with Crippen molar-refractivity contribution in [2.75, 3.05) is 0 Å². The third-order valence-electron chi connectivity index (χ3n) is 4.06. The highest BCUT2D eigenvalue weighted by Gasteiger charge is 2.29. The number of hydrogen-bond donors (Lipinski definition) is 0. The topological polar surface area (TPSA) is 0 Å². The van der Waals surface area contributed by atoms with Crippen LogP contribution in [0, 0.1) is 13.8 Å². The number of aryl methyl sites for hydroxylation is 2. The van der Waals surface area contributed by atoms with Crippen LogP contribution in [0.1, 0.15) is 33.4 Å². The lowest BCUT2D eigenvalue weighted by Gasteiger charge is -2.20. The lowest BCUT2D eigenvalue weighted by Crippen LogP contribution is -2.15. The summed E-state index contributed by atoms with van der Waals surface area (Å²) in [7, 11) is -0.413. The van der Waals surface area contributed by atoms with Crippen LogP contribution in [0.15, 0.2) is 42.5 Å². The zero-order valence-corrected chi connectivity index (χ0v) is 13.7. The molecule has 0 saturated heterocycles. The normalized spacial score (nSPS) is 17.2. The summed E-state index contributed by atoms with van der Waals surface area (Å²) in [5.74, 6) is 0. The smallest absolute Gasteiger partial charge is 0.0556 e. The van der Waals surface area contributed by atoms with Crippen LogP contribution < -0.4 is 0 Å². The molecule has 0 amide bonds. The molecular formula is C19H21Si. The van der Waals surface area contributed by atoms with E-state index in [-0.39, 0.29) is 0 Å². The summed E-state index contributed by atoms with van der Waals surface area (Å²) in [5.41, 5.74) is 9.22. The van der Waals surface area contributed by atoms with Crippen LogP contribution in [0.4, 0.5) is 0 Å². The Morgan fingerprint density at radius 1 is 0.900 bits per heavy atom. The predicted octanol–water partition coefficient (Wildman–Crippen LogP) is 5.23. The molecule has 1 heteroatoms. The Labute approximate surface area is 123 Å². The molecule has 0 aromatic heterocycles. The first kappa shape index (κ1) is 13.4. The fourth-order valence-electron chi connectivity index (χ4n) is 3.34. The van der Waals surface area contributed by atoms with Crippen LogP contribution in [-0.2, 0) is 0 Å². The van der Waals surface area contributed by atoms with Crippen LogP contribution in [-0.4, -0.2) is 8.80 Å². The summed E-state index contributed by atoms with van der Waals surface area (Å²) in [4.78, 5) is 0. The van der Waals surface area contributed by atoms with Crippen LogP contribution in [0.3, 0.4) is 0 Å². The van der Waals surface area contributed by atoms with E-state index >= 15 is 0 Å². The quantitative estimate of drug-likeness (QED) is 0.659. The van der Waals surface area contributed by atoms with Crippen molar-refractivity contribution in [1.29, 1.82) is 0 Å². The van der Waals surface area contributed by atoms with E-state index in [0.29, 0.717) is 5.54 Å². The molecule has 1 unspecified atom stereocenters. The molecule has 0 saturated carbocycles. The zero-order valence-electron chi connectivity index (χ0n) is 12.7. The lowest BCUT2D eigenvalue weighted by atomic mass is 9.99. The van der Waals surface area contributed by atoms with E-state index in [2.05, 4.69) is 75.5 Å². The van der Waals surface area contributed by atoms with Crippen LogP contribution in [0.2, 0.25) is 13.1 Å². The molecule has 0 heterocycles. The third-order valence-corrected chi connectivity index (χ3v) is 5.84. The lowest BCUT2D eigenvalue weighted by molar-refractivity contribution is 1.21. The summed E-state index contributed by atoms with van der Waals surface area (Å²) in [6.45, 7) is 9.23. The molecule has 2 aromatic carbocycles. The molecule has 0 nitrogen and oxygen atoms in total. The summed E-state index contributed by atoms with van der Waals surface area (Å²) in [6, 6.07) is 15.8. The minimum Gasteiger partial charge on any atom is -0.0705 e. The van der Waals surface area contributed by atoms with Crippen molar-refractivity contribution in [3.63, 3.8) is 0 Å². The molecule has 20 heavy (non-hydrogen) atoms. The van der Waals surface area contributed by atoms with Gasteiger partial charge in [-0.05, 0) is 36.1 Å². The highest BCUT2D eigenvalue weighted by Crippen LogP contribution is 2.43. The monoisotopic (exact) mass is 277 g/mol. The van der Waals surface area contributed by atoms with Crippen molar-refractivity contribution >= 4 is 20.4 Å². The van der Waals surface area contributed by atoms with E-state index in [9.17, 15) is 0 Å². The number of fused-ring (bicyclic) bond motifs is 1. The molecule has 0 aliphatic heterocycles. The Balaban J connectivity index is 2.14. The molecule has 2 aromatic rings. The Morgan fingerprint density at radius 2 is 1.55 bits per heavy atom. The number of hydrogen-bond acceptors (Lipinski definition) is 0. The Bertz CT molecular complexity index is 660. The highest BCUT2D eigenvalue weighted by atomic mass is 28.3. The van der Waals surface area contributed by atoms with E-state index in [1.54, 1.807) is 0 Å². The van der Waals surface area contributed by atoms with E-state index in [1.807, 2.05) is 0 Å². The minimum atomic E-state index is -0.413. The first-order chi connectivity index (χ1) is 9.56. The van der Waals surface area contributed by atoms with Gasteiger partial charge < -0.3 is 0 Å². The average molecular weight is 277 g/mol. The molecule has 101 valence electrons. The van der Waals surface area contributed by atoms with Gasteiger partial charge in [0.1, 0.15) is 0 Å². The van der Waals surface area contributed by atoms with Crippen LogP contribution in [0.25, 0.3) is 11.6 Å². The average Bonchev–Trinajstić information content (AvgIpc) is 2.76. The van der Waals surface area contributed by atoms with Gasteiger partial charge in [-0.2, -0.15) is 0 Å². The second-order valence-electron chi connectivity index (χ2n) is 6.12. The maximum absolute atomic E-state index is 2.42. The summed E-state index contributed by atoms with van der Waals surface area (Å²) in [6.07, 6.45) is 2.41. The largest absolute Gasteiger partial charge is 0.0705 e. The van der Waals surface area contributed by atoms with Gasteiger partial charge in [0.25, 0.3) is 0 Å². The van der Waals surface area contributed by atoms with E-state index in [4.69, 9.17) is 0 Å². The summed E-state index contributed by atoms with van der Waals surface area (Å²) < 4.78 is 0. The van der Waals surface area contributed by atoms with Crippen molar-refractivity contribution in [3.05, 3.63) is 70.3 Å². The SMILES string of the molecule is Cc1cc(C)cc(C2=Cc3ccccc3C2[Si](C)C)c1. The third kappa shape index (κ3) is 2.27. The number of allylic oxidation sites excluding steroid dienone is 1. The minimum absolute atomic E-state index is 0.413. The molecule has 1 atom stereocenters. The second-order valence-corrected chi connectivity index (χ2v) is 8.85. The van der Waals surface area contributed by atoms with Crippen molar-refractivity contribution in [1.82, 2.24) is 0 Å². The van der Waals surface area contributed by atoms with Gasteiger partial charge in [-0.25, -0.2) is 0 Å². The van der Waals surface area contributed by atoms with Gasteiger partial charge in [0, 0.05) is 5.54 Å². The molecule has 0 bridgehead atoms. The standard InChI is InChI=1S/C19H21Si/c1-13-9-14(2)11-16(10-13)18-12-15-7-5-6-8-17(15)19(18)20(3)4/h5-12,19H,1-4H3. The molecule has 0 fully saturated rings. The fraction of sp³-hybridized carbons (Fsp3) is 0.263. The van der Waals surface area contributed by atoms with Crippen LogP contribution in [0.5, 0.6) is 0 Å². The van der Waals surface area contributed by atoms with Crippen molar-refractivity contribution in [2.24, 2.45) is 0 Å². The Hall–Kier alpha value is -1.60. The molecule has 1 radical (unpaired) electrons. The maximum atomic E-state index is 2.42. The second kappa shape index (κ2) is 5.06. The highest BCUT2D eigenvalue weighted by molar-refractivity contribution is 6.60. The van der Waals surface area contributed by atoms with Gasteiger partial charge in [-0.1, -0.05) is 72.8 Å². The molecule has 3 rings (SSSR count). The van der Waals surface area contributed by atoms with E-state index in [1.165, 1.54) is 33.4 Å². The molecular weight excluding hydrogens is 256 g/mol. The number of benzene rings is 2. The summed E-state index contributed by atoms with van der Waals surface area (Å²) in [5, 5.41) is 0. The Kier molecular flexibility index (Phi) is 3.39. The van der Waals surface area contributed by atoms with E-state index < -0.39 is 8.80 Å².